The lowest BCUT2D eigenvalue weighted by molar-refractivity contribution is -0.129. The Morgan fingerprint density at radius 2 is 1.76 bits per heavy atom. The Labute approximate surface area is 205 Å². The summed E-state index contributed by atoms with van der Waals surface area (Å²) in [6.07, 6.45) is 12.7. The monoisotopic (exact) mass is 481 g/mol. The van der Waals surface area contributed by atoms with Gasteiger partial charge in [0.2, 0.25) is 5.91 Å². The summed E-state index contributed by atoms with van der Waals surface area (Å²) in [6.45, 7) is 0.513. The molecule has 0 saturated heterocycles. The van der Waals surface area contributed by atoms with Crippen LogP contribution >= 0.6 is 23.2 Å². The number of aromatic nitrogens is 2. The van der Waals surface area contributed by atoms with Crippen LogP contribution in [0, 0.1) is 0 Å². The minimum atomic E-state index is 0.0184. The lowest BCUT2D eigenvalue weighted by atomic mass is 10.1. The van der Waals surface area contributed by atoms with E-state index >= 15 is 0 Å². The molecule has 2 aliphatic rings. The summed E-state index contributed by atoms with van der Waals surface area (Å²) in [5.74, 6) is 0.982. The molecule has 0 atom stereocenters. The average molecular weight is 482 g/mol. The SMILES string of the molecule is O=C(/C=C/c1ccccc1Cl)N(Cc1nc2ccc(Cl)cc2n1C1CCCC1)C1CCCC1. The van der Waals surface area contributed by atoms with Gasteiger partial charge in [-0.25, -0.2) is 4.98 Å². The van der Waals surface area contributed by atoms with Crippen molar-refractivity contribution in [2.75, 3.05) is 0 Å². The summed E-state index contributed by atoms with van der Waals surface area (Å²) < 4.78 is 2.36. The molecule has 5 rings (SSSR count). The van der Waals surface area contributed by atoms with Gasteiger partial charge in [-0.1, -0.05) is 67.1 Å². The summed E-state index contributed by atoms with van der Waals surface area (Å²) in [7, 11) is 0. The molecule has 33 heavy (non-hydrogen) atoms. The zero-order chi connectivity index (χ0) is 22.8. The molecule has 2 saturated carbocycles. The zero-order valence-corrected chi connectivity index (χ0v) is 20.2. The number of carbonyl (C=O) groups is 1. The lowest BCUT2D eigenvalue weighted by Gasteiger charge is -2.29. The summed E-state index contributed by atoms with van der Waals surface area (Å²) in [5.41, 5.74) is 2.88. The summed E-state index contributed by atoms with van der Waals surface area (Å²) in [6, 6.07) is 14.2. The van der Waals surface area contributed by atoms with E-state index in [1.165, 1.54) is 12.8 Å². The second-order valence-corrected chi connectivity index (χ2v) is 10.1. The Balaban J connectivity index is 1.49. The second-order valence-electron chi connectivity index (χ2n) is 9.23. The van der Waals surface area contributed by atoms with E-state index in [1.807, 2.05) is 53.4 Å². The maximum absolute atomic E-state index is 13.5. The predicted molar refractivity (Wildman–Crippen MR) is 136 cm³/mol. The van der Waals surface area contributed by atoms with Gasteiger partial charge < -0.3 is 9.47 Å². The maximum atomic E-state index is 13.5. The number of imidazole rings is 1. The van der Waals surface area contributed by atoms with Crippen molar-refractivity contribution in [2.24, 2.45) is 0 Å². The van der Waals surface area contributed by atoms with Crippen LogP contribution in [-0.4, -0.2) is 26.4 Å². The van der Waals surface area contributed by atoms with Crippen LogP contribution in [0.3, 0.4) is 0 Å². The quantitative estimate of drug-likeness (QED) is 0.343. The smallest absolute Gasteiger partial charge is 0.247 e. The van der Waals surface area contributed by atoms with Gasteiger partial charge in [-0.15, -0.1) is 0 Å². The molecule has 1 heterocycles. The Bertz CT molecular complexity index is 1170. The molecule has 0 aliphatic heterocycles. The van der Waals surface area contributed by atoms with Crippen LogP contribution in [0.25, 0.3) is 17.1 Å². The summed E-state index contributed by atoms with van der Waals surface area (Å²) >= 11 is 12.6. The fourth-order valence-electron chi connectivity index (χ4n) is 5.42. The molecule has 0 N–H and O–H groups in total. The van der Waals surface area contributed by atoms with Crippen LogP contribution in [-0.2, 0) is 11.3 Å². The third-order valence-corrected chi connectivity index (χ3v) is 7.66. The minimum absolute atomic E-state index is 0.0184. The molecular formula is C27H29Cl2N3O. The van der Waals surface area contributed by atoms with Crippen molar-refractivity contribution in [3.05, 3.63) is 70.0 Å². The van der Waals surface area contributed by atoms with E-state index in [4.69, 9.17) is 28.2 Å². The van der Waals surface area contributed by atoms with Crippen LogP contribution < -0.4 is 0 Å². The van der Waals surface area contributed by atoms with Gasteiger partial charge in [0.15, 0.2) is 0 Å². The highest BCUT2D eigenvalue weighted by atomic mass is 35.5. The Hall–Kier alpha value is -2.30. The third kappa shape index (κ3) is 4.83. The van der Waals surface area contributed by atoms with Gasteiger partial charge in [0.25, 0.3) is 0 Å². The Morgan fingerprint density at radius 3 is 2.52 bits per heavy atom. The van der Waals surface area contributed by atoms with Crippen molar-refractivity contribution in [1.29, 1.82) is 0 Å². The maximum Gasteiger partial charge on any atom is 0.247 e. The van der Waals surface area contributed by atoms with Crippen LogP contribution in [0.4, 0.5) is 0 Å². The van der Waals surface area contributed by atoms with Crippen molar-refractivity contribution in [1.82, 2.24) is 14.5 Å². The number of halogens is 2. The molecule has 0 unspecified atom stereocenters. The van der Waals surface area contributed by atoms with E-state index in [-0.39, 0.29) is 11.9 Å². The highest BCUT2D eigenvalue weighted by Crippen LogP contribution is 2.35. The van der Waals surface area contributed by atoms with E-state index in [0.717, 1.165) is 66.0 Å². The number of rotatable bonds is 6. The molecule has 2 fully saturated rings. The molecule has 2 aliphatic carbocycles. The summed E-state index contributed by atoms with van der Waals surface area (Å²) in [5, 5.41) is 1.37. The highest BCUT2D eigenvalue weighted by Gasteiger charge is 2.29. The molecular weight excluding hydrogens is 453 g/mol. The van der Waals surface area contributed by atoms with Gasteiger partial charge in [0.1, 0.15) is 5.82 Å². The highest BCUT2D eigenvalue weighted by molar-refractivity contribution is 6.32. The molecule has 0 spiro atoms. The summed E-state index contributed by atoms with van der Waals surface area (Å²) in [4.78, 5) is 20.5. The first-order valence-electron chi connectivity index (χ1n) is 12.0. The standard InChI is InChI=1S/C27H29Cl2N3O/c28-20-14-15-24-25(17-20)32(22-10-4-5-11-22)26(30-24)18-31(21-8-2-3-9-21)27(33)16-13-19-7-1-6-12-23(19)29/h1,6-7,12-17,21-22H,2-5,8-11,18H2/b16-13+. The third-order valence-electron chi connectivity index (χ3n) is 7.09. The first kappa shape index (κ1) is 22.5. The Kier molecular flexibility index (Phi) is 6.75. The molecule has 3 aromatic rings. The molecule has 0 bridgehead atoms. The largest absolute Gasteiger partial charge is 0.329 e. The molecule has 6 heteroatoms. The Morgan fingerprint density at radius 1 is 1.03 bits per heavy atom. The van der Waals surface area contributed by atoms with Gasteiger partial charge in [0.05, 0.1) is 17.6 Å². The number of hydrogen-bond acceptors (Lipinski definition) is 2. The first-order valence-corrected chi connectivity index (χ1v) is 12.8. The number of carbonyl (C=O) groups excluding carboxylic acids is 1. The van der Waals surface area contributed by atoms with Crippen LogP contribution in [0.5, 0.6) is 0 Å². The van der Waals surface area contributed by atoms with E-state index < -0.39 is 0 Å². The number of hydrogen-bond donors (Lipinski definition) is 0. The van der Waals surface area contributed by atoms with Gasteiger partial charge >= 0.3 is 0 Å². The van der Waals surface area contributed by atoms with Crippen LogP contribution in [0.1, 0.15) is 68.8 Å². The normalized spacial score (nSPS) is 17.5. The molecule has 1 aromatic heterocycles. The van der Waals surface area contributed by atoms with Gasteiger partial charge in [-0.2, -0.15) is 0 Å². The van der Waals surface area contributed by atoms with Crippen molar-refractivity contribution < 1.29 is 4.79 Å². The van der Waals surface area contributed by atoms with E-state index in [1.54, 1.807) is 6.08 Å². The fourth-order valence-corrected chi connectivity index (χ4v) is 5.78. The predicted octanol–water partition coefficient (Wildman–Crippen LogP) is 7.44. The number of fused-ring (bicyclic) bond motifs is 1. The average Bonchev–Trinajstić information content (AvgIpc) is 3.57. The molecule has 172 valence electrons. The lowest BCUT2D eigenvalue weighted by Crippen LogP contribution is -2.38. The van der Waals surface area contributed by atoms with Crippen molar-refractivity contribution in [3.8, 4) is 0 Å². The zero-order valence-electron chi connectivity index (χ0n) is 18.7. The molecule has 2 aromatic carbocycles. The topological polar surface area (TPSA) is 38.1 Å². The van der Waals surface area contributed by atoms with Crippen molar-refractivity contribution >= 4 is 46.2 Å². The van der Waals surface area contributed by atoms with E-state index in [0.29, 0.717) is 17.6 Å². The van der Waals surface area contributed by atoms with Gasteiger partial charge in [-0.3, -0.25) is 4.79 Å². The molecule has 0 radical (unpaired) electrons. The fraction of sp³-hybridized carbons (Fsp3) is 0.407. The van der Waals surface area contributed by atoms with Crippen molar-refractivity contribution in [3.63, 3.8) is 0 Å². The van der Waals surface area contributed by atoms with Gasteiger partial charge in [0, 0.05) is 28.2 Å². The minimum Gasteiger partial charge on any atom is -0.329 e. The number of benzene rings is 2. The molecule has 4 nitrogen and oxygen atoms in total. The number of nitrogens with zero attached hydrogens (tertiary/aromatic N) is 3. The van der Waals surface area contributed by atoms with Crippen molar-refractivity contribution in [2.45, 2.75) is 70.0 Å². The first-order chi connectivity index (χ1) is 16.1. The van der Waals surface area contributed by atoms with Crippen LogP contribution in [0.2, 0.25) is 10.0 Å². The second kappa shape index (κ2) is 9.90. The van der Waals surface area contributed by atoms with E-state index in [2.05, 4.69) is 4.57 Å². The number of amides is 1. The van der Waals surface area contributed by atoms with Crippen LogP contribution in [0.15, 0.2) is 48.5 Å². The van der Waals surface area contributed by atoms with Gasteiger partial charge in [-0.05, 0) is 61.6 Å². The molecule has 1 amide bonds. The van der Waals surface area contributed by atoms with E-state index in [9.17, 15) is 4.79 Å².